The van der Waals surface area contributed by atoms with Crippen molar-refractivity contribution >= 4 is 36.3 Å². The van der Waals surface area contributed by atoms with Crippen molar-refractivity contribution in [2.24, 2.45) is 11.7 Å². The SMILES string of the molecule is CC(C)C(NC(=O)C(N)Cc1ccc(O)cc1)C(=O)NC(C(=O)NC(CS)C(=O)O)C(C)O. The standard InChI is InChI=1S/C21H32N4O7S/c1-10(2)16(24-18(28)14(22)8-12-4-6-13(27)7-5-12)19(29)25-17(11(3)26)20(30)23-15(9-33)21(31)32/h4-7,10-11,14-17,26-27,33H,8-9,22H2,1-3H3,(H,23,30)(H,24,28)(H,25,29)(H,31,32). The lowest BCUT2D eigenvalue weighted by molar-refractivity contribution is -0.142. The molecule has 1 rings (SSSR count). The molecule has 3 amide bonds. The number of carbonyl (C=O) groups excluding carboxylic acids is 3. The third kappa shape index (κ3) is 8.91. The fraction of sp³-hybridized carbons (Fsp3) is 0.524. The van der Waals surface area contributed by atoms with E-state index in [1.54, 1.807) is 26.0 Å². The normalized spacial score (nSPS) is 15.6. The van der Waals surface area contributed by atoms with E-state index in [0.29, 0.717) is 5.56 Å². The van der Waals surface area contributed by atoms with Gasteiger partial charge in [0.25, 0.3) is 0 Å². The van der Waals surface area contributed by atoms with Crippen LogP contribution in [0.4, 0.5) is 0 Å². The molecule has 0 heterocycles. The number of carbonyl (C=O) groups is 4. The van der Waals surface area contributed by atoms with Crippen LogP contribution in [-0.2, 0) is 25.6 Å². The Morgan fingerprint density at radius 1 is 0.939 bits per heavy atom. The molecular formula is C21H32N4O7S. The number of benzene rings is 1. The summed E-state index contributed by atoms with van der Waals surface area (Å²) in [5, 5.41) is 35.5. The highest BCUT2D eigenvalue weighted by molar-refractivity contribution is 7.80. The van der Waals surface area contributed by atoms with E-state index < -0.39 is 59.9 Å². The van der Waals surface area contributed by atoms with Crippen molar-refractivity contribution in [3.63, 3.8) is 0 Å². The summed E-state index contributed by atoms with van der Waals surface area (Å²) in [6, 6.07) is 1.36. The molecule has 33 heavy (non-hydrogen) atoms. The molecule has 1 aromatic rings. The van der Waals surface area contributed by atoms with Gasteiger partial charge >= 0.3 is 5.97 Å². The van der Waals surface area contributed by atoms with Gasteiger partial charge < -0.3 is 37.0 Å². The molecule has 0 fully saturated rings. The van der Waals surface area contributed by atoms with E-state index in [9.17, 15) is 29.4 Å². The first kappa shape index (κ1) is 28.2. The lowest BCUT2D eigenvalue weighted by Gasteiger charge is -2.28. The van der Waals surface area contributed by atoms with Crippen LogP contribution in [0.2, 0.25) is 0 Å². The van der Waals surface area contributed by atoms with E-state index in [0.717, 1.165) is 0 Å². The molecule has 12 heteroatoms. The summed E-state index contributed by atoms with van der Waals surface area (Å²) < 4.78 is 0. The maximum absolute atomic E-state index is 12.8. The number of phenols is 1. The maximum atomic E-state index is 12.8. The second-order valence-electron chi connectivity index (χ2n) is 8.02. The van der Waals surface area contributed by atoms with Crippen LogP contribution in [0.15, 0.2) is 24.3 Å². The highest BCUT2D eigenvalue weighted by Crippen LogP contribution is 2.11. The molecule has 0 spiro atoms. The van der Waals surface area contributed by atoms with Gasteiger partial charge in [-0.2, -0.15) is 12.6 Å². The number of phenolic OH excluding ortho intramolecular Hbond substituents is 1. The monoisotopic (exact) mass is 484 g/mol. The summed E-state index contributed by atoms with van der Waals surface area (Å²) in [4.78, 5) is 49.0. The molecule has 11 nitrogen and oxygen atoms in total. The molecule has 1 aromatic carbocycles. The molecule has 0 saturated heterocycles. The molecule has 0 saturated carbocycles. The van der Waals surface area contributed by atoms with Gasteiger partial charge in [0.05, 0.1) is 12.1 Å². The zero-order chi connectivity index (χ0) is 25.3. The van der Waals surface area contributed by atoms with Crippen LogP contribution >= 0.6 is 12.6 Å². The van der Waals surface area contributed by atoms with Crippen molar-refractivity contribution in [3.8, 4) is 5.75 Å². The fourth-order valence-corrected chi connectivity index (χ4v) is 3.12. The van der Waals surface area contributed by atoms with Crippen LogP contribution in [0.5, 0.6) is 5.75 Å². The molecule has 5 unspecified atom stereocenters. The van der Waals surface area contributed by atoms with Gasteiger partial charge in [-0.1, -0.05) is 26.0 Å². The quantitative estimate of drug-likeness (QED) is 0.169. The second-order valence-corrected chi connectivity index (χ2v) is 8.38. The average Bonchev–Trinajstić information content (AvgIpc) is 2.74. The lowest BCUT2D eigenvalue weighted by atomic mass is 10.0. The van der Waals surface area contributed by atoms with Crippen LogP contribution < -0.4 is 21.7 Å². The van der Waals surface area contributed by atoms with Gasteiger partial charge in [-0.25, -0.2) is 4.79 Å². The van der Waals surface area contributed by atoms with E-state index in [-0.39, 0.29) is 17.9 Å². The first-order valence-corrected chi connectivity index (χ1v) is 11.0. The predicted octanol–water partition coefficient (Wildman–Crippen LogP) is -1.23. The smallest absolute Gasteiger partial charge is 0.327 e. The Bertz CT molecular complexity index is 832. The van der Waals surface area contributed by atoms with Crippen molar-refractivity contribution in [1.29, 1.82) is 0 Å². The highest BCUT2D eigenvalue weighted by atomic mass is 32.1. The van der Waals surface area contributed by atoms with Crippen molar-refractivity contribution in [2.45, 2.75) is 57.5 Å². The molecule has 0 aliphatic heterocycles. The van der Waals surface area contributed by atoms with E-state index in [1.165, 1.54) is 19.1 Å². The van der Waals surface area contributed by atoms with E-state index in [4.69, 9.17) is 10.8 Å². The van der Waals surface area contributed by atoms with Crippen molar-refractivity contribution in [1.82, 2.24) is 16.0 Å². The summed E-state index contributed by atoms with van der Waals surface area (Å²) in [7, 11) is 0. The summed E-state index contributed by atoms with van der Waals surface area (Å²) >= 11 is 3.86. The predicted molar refractivity (Wildman–Crippen MR) is 124 cm³/mol. The Hall–Kier alpha value is -2.83. The minimum atomic E-state index is -1.46. The molecule has 0 aliphatic rings. The topological polar surface area (TPSA) is 191 Å². The minimum absolute atomic E-state index is 0.0778. The van der Waals surface area contributed by atoms with Crippen LogP contribution in [0.25, 0.3) is 0 Å². The largest absolute Gasteiger partial charge is 0.508 e. The molecule has 8 N–H and O–H groups in total. The Balaban J connectivity index is 2.86. The van der Waals surface area contributed by atoms with Crippen LogP contribution in [0, 0.1) is 5.92 Å². The van der Waals surface area contributed by atoms with Gasteiger partial charge in [-0.15, -0.1) is 0 Å². The highest BCUT2D eigenvalue weighted by Gasteiger charge is 2.33. The Morgan fingerprint density at radius 3 is 1.91 bits per heavy atom. The fourth-order valence-electron chi connectivity index (χ4n) is 2.87. The molecule has 0 radical (unpaired) electrons. The number of nitrogens with one attached hydrogen (secondary N) is 3. The van der Waals surface area contributed by atoms with Gasteiger partial charge in [0.1, 0.15) is 23.9 Å². The van der Waals surface area contributed by atoms with Crippen molar-refractivity contribution < 1.29 is 34.5 Å². The molecule has 0 aromatic heterocycles. The third-order valence-electron chi connectivity index (χ3n) is 4.84. The minimum Gasteiger partial charge on any atom is -0.508 e. The molecular weight excluding hydrogens is 452 g/mol. The number of nitrogens with two attached hydrogens (primary N) is 1. The number of hydrogen-bond donors (Lipinski definition) is 8. The number of aromatic hydroxyl groups is 1. The van der Waals surface area contributed by atoms with Gasteiger partial charge in [0, 0.05) is 5.75 Å². The second kappa shape index (κ2) is 13.0. The molecule has 0 bridgehead atoms. The number of thiol groups is 1. The first-order valence-electron chi connectivity index (χ1n) is 10.3. The average molecular weight is 485 g/mol. The zero-order valence-electron chi connectivity index (χ0n) is 18.7. The zero-order valence-corrected chi connectivity index (χ0v) is 19.6. The number of aliphatic carboxylic acids is 1. The summed E-state index contributed by atoms with van der Waals surface area (Å²) in [6.07, 6.45) is -1.18. The molecule has 184 valence electrons. The van der Waals surface area contributed by atoms with E-state index >= 15 is 0 Å². The van der Waals surface area contributed by atoms with Crippen molar-refractivity contribution in [2.75, 3.05) is 5.75 Å². The number of rotatable bonds is 12. The van der Waals surface area contributed by atoms with E-state index in [2.05, 4.69) is 28.6 Å². The summed E-state index contributed by atoms with van der Waals surface area (Å²) in [6.45, 7) is 4.61. The Kier molecular flexibility index (Phi) is 11.1. The van der Waals surface area contributed by atoms with Gasteiger partial charge in [-0.05, 0) is 37.0 Å². The number of carboxylic acids is 1. The van der Waals surface area contributed by atoms with Crippen LogP contribution in [0.3, 0.4) is 0 Å². The number of aliphatic hydroxyl groups excluding tert-OH is 1. The van der Waals surface area contributed by atoms with Gasteiger partial charge in [0.2, 0.25) is 17.7 Å². The summed E-state index contributed by atoms with van der Waals surface area (Å²) in [5.41, 5.74) is 6.67. The number of carboxylic acid groups (broad SMARTS) is 1. The first-order chi connectivity index (χ1) is 15.4. The number of amides is 3. The maximum Gasteiger partial charge on any atom is 0.327 e. The summed E-state index contributed by atoms with van der Waals surface area (Å²) in [5.74, 6) is -4.07. The lowest BCUT2D eigenvalue weighted by Crippen LogP contribution is -2.61. The van der Waals surface area contributed by atoms with E-state index in [1.807, 2.05) is 0 Å². The van der Waals surface area contributed by atoms with Crippen LogP contribution in [0.1, 0.15) is 26.3 Å². The van der Waals surface area contributed by atoms with Gasteiger partial charge in [-0.3, -0.25) is 14.4 Å². The Labute approximate surface area is 197 Å². The number of hydrogen-bond acceptors (Lipinski definition) is 8. The molecule has 5 atom stereocenters. The van der Waals surface area contributed by atoms with Crippen LogP contribution in [-0.4, -0.2) is 75.0 Å². The van der Waals surface area contributed by atoms with Crippen molar-refractivity contribution in [3.05, 3.63) is 29.8 Å². The number of aliphatic hydroxyl groups is 1. The third-order valence-corrected chi connectivity index (χ3v) is 5.20. The van der Waals surface area contributed by atoms with Gasteiger partial charge in [0.15, 0.2) is 0 Å². The Morgan fingerprint density at radius 2 is 1.45 bits per heavy atom. The molecule has 0 aliphatic carbocycles.